The van der Waals surface area contributed by atoms with Crippen LogP contribution in [0.2, 0.25) is 0 Å². The van der Waals surface area contributed by atoms with Gasteiger partial charge in [-0.05, 0) is 100 Å². The minimum atomic E-state index is -0.260. The van der Waals surface area contributed by atoms with Crippen molar-refractivity contribution in [3.8, 4) is 0 Å². The molecule has 0 amide bonds. The largest absolute Gasteiger partial charge is 0.311 e. The van der Waals surface area contributed by atoms with Crippen LogP contribution in [0.25, 0.3) is 0 Å². The molecule has 39 heavy (non-hydrogen) atoms. The first-order valence-corrected chi connectivity index (χ1v) is 13.3. The monoisotopic (exact) mass is 512 g/mol. The van der Waals surface area contributed by atoms with Gasteiger partial charge >= 0.3 is 0 Å². The molecule has 2 aliphatic heterocycles. The summed E-state index contributed by atoms with van der Waals surface area (Å²) in [5.74, 6) is -0.521. The maximum atomic E-state index is 14.0. The van der Waals surface area contributed by atoms with Crippen LogP contribution in [0.1, 0.15) is 26.3 Å². The van der Waals surface area contributed by atoms with Gasteiger partial charge in [0.2, 0.25) is 0 Å². The summed E-state index contributed by atoms with van der Waals surface area (Å²) >= 11 is 0. The van der Waals surface area contributed by atoms with Gasteiger partial charge in [-0.2, -0.15) is 0 Å². The fourth-order valence-electron chi connectivity index (χ4n) is 6.07. The Balaban J connectivity index is 1.61. The zero-order valence-corrected chi connectivity index (χ0v) is 22.1. The summed E-state index contributed by atoms with van der Waals surface area (Å²) in [6, 6.07) is 35.0. The molecule has 0 unspecified atom stereocenters. The van der Waals surface area contributed by atoms with E-state index < -0.39 is 0 Å². The molecular formula is C34H27BF2N2. The first-order valence-electron chi connectivity index (χ1n) is 13.3. The molecular weight excluding hydrogens is 485 g/mol. The topological polar surface area (TPSA) is 6.48 Å². The Labute approximate surface area is 228 Å². The highest BCUT2D eigenvalue weighted by Crippen LogP contribution is 2.45. The summed E-state index contributed by atoms with van der Waals surface area (Å²) in [5, 5.41) is 0. The van der Waals surface area contributed by atoms with Crippen LogP contribution in [0.5, 0.6) is 0 Å². The third-order valence-corrected chi connectivity index (χ3v) is 7.92. The Morgan fingerprint density at radius 1 is 0.538 bits per heavy atom. The third kappa shape index (κ3) is 3.68. The van der Waals surface area contributed by atoms with Crippen LogP contribution in [0.4, 0.5) is 42.9 Å². The average molecular weight is 512 g/mol. The summed E-state index contributed by atoms with van der Waals surface area (Å²) in [6.45, 7) is 6.68. The fourth-order valence-corrected chi connectivity index (χ4v) is 6.07. The molecule has 5 aromatic rings. The van der Waals surface area contributed by atoms with Crippen molar-refractivity contribution in [3.63, 3.8) is 0 Å². The van der Waals surface area contributed by atoms with Crippen molar-refractivity contribution in [1.29, 1.82) is 0 Å². The summed E-state index contributed by atoms with van der Waals surface area (Å²) in [6.07, 6.45) is 0. The van der Waals surface area contributed by atoms with E-state index in [-0.39, 0.29) is 23.8 Å². The lowest BCUT2D eigenvalue weighted by Gasteiger charge is -2.45. The molecule has 0 atom stereocenters. The van der Waals surface area contributed by atoms with Crippen LogP contribution < -0.4 is 26.2 Å². The van der Waals surface area contributed by atoms with Gasteiger partial charge in [0.15, 0.2) is 0 Å². The van der Waals surface area contributed by atoms with E-state index in [4.69, 9.17) is 0 Å². The summed E-state index contributed by atoms with van der Waals surface area (Å²) in [5.41, 5.74) is 10.8. The Kier molecular flexibility index (Phi) is 5.21. The molecule has 5 heteroatoms. The van der Waals surface area contributed by atoms with Gasteiger partial charge in [-0.3, -0.25) is 0 Å². The third-order valence-electron chi connectivity index (χ3n) is 7.92. The van der Waals surface area contributed by atoms with Gasteiger partial charge in [-0.25, -0.2) is 8.78 Å². The Morgan fingerprint density at radius 2 is 0.949 bits per heavy atom. The molecule has 0 aliphatic carbocycles. The normalized spacial score (nSPS) is 13.6. The zero-order valence-electron chi connectivity index (χ0n) is 22.1. The summed E-state index contributed by atoms with van der Waals surface area (Å²) in [4.78, 5) is 4.52. The van der Waals surface area contributed by atoms with Crippen LogP contribution in [0.3, 0.4) is 0 Å². The van der Waals surface area contributed by atoms with Crippen LogP contribution in [0, 0.1) is 11.6 Å². The van der Waals surface area contributed by atoms with E-state index in [9.17, 15) is 8.78 Å². The number of halogens is 2. The fraction of sp³-hybridized carbons (Fsp3) is 0.118. The van der Waals surface area contributed by atoms with Crippen molar-refractivity contribution in [3.05, 3.63) is 126 Å². The average Bonchev–Trinajstić information content (AvgIpc) is 2.93. The van der Waals surface area contributed by atoms with Crippen LogP contribution >= 0.6 is 0 Å². The second-order valence-electron chi connectivity index (χ2n) is 11.4. The number of fused-ring (bicyclic) bond motifs is 4. The maximum absolute atomic E-state index is 14.0. The molecule has 0 saturated carbocycles. The van der Waals surface area contributed by atoms with Gasteiger partial charge in [0.1, 0.15) is 11.6 Å². The molecule has 2 heterocycles. The van der Waals surface area contributed by atoms with Crippen molar-refractivity contribution >= 4 is 57.2 Å². The highest BCUT2D eigenvalue weighted by Gasteiger charge is 2.43. The van der Waals surface area contributed by atoms with E-state index in [2.05, 4.69) is 91.2 Å². The SMILES string of the molecule is CC(C)(C)c1cc2c3c(c1)N(c1ccc(F)cc1)c1ccccc1B3c1ccccc1N2c1ccc(F)cc1. The Bertz CT molecular complexity index is 1600. The van der Waals surface area contributed by atoms with Gasteiger partial charge in [0.05, 0.1) is 0 Å². The molecule has 0 N–H and O–H groups in total. The minimum absolute atomic E-state index is 0.0183. The van der Waals surface area contributed by atoms with E-state index in [0.717, 1.165) is 34.1 Å². The van der Waals surface area contributed by atoms with Gasteiger partial charge in [-0.15, -0.1) is 0 Å². The molecule has 0 saturated heterocycles. The number of anilines is 6. The van der Waals surface area contributed by atoms with E-state index in [0.29, 0.717) is 0 Å². The minimum Gasteiger partial charge on any atom is -0.311 e. The van der Waals surface area contributed by atoms with Gasteiger partial charge < -0.3 is 9.80 Å². The predicted molar refractivity (Wildman–Crippen MR) is 159 cm³/mol. The lowest BCUT2D eigenvalue weighted by molar-refractivity contribution is 0.590. The lowest BCUT2D eigenvalue weighted by atomic mass is 9.33. The van der Waals surface area contributed by atoms with Crippen molar-refractivity contribution in [2.24, 2.45) is 0 Å². The maximum Gasteiger partial charge on any atom is 0.252 e. The van der Waals surface area contributed by atoms with Crippen molar-refractivity contribution < 1.29 is 8.78 Å². The molecule has 0 spiro atoms. The standard InChI is InChI=1S/C34H27BF2N2/c1-34(2,3)22-20-31-33-32(21-22)39(26-18-14-24(37)15-19-26)30-11-7-5-9-28(30)35(33)27-8-4-6-10-29(27)38(31)25-16-12-23(36)13-17-25/h4-21H,1-3H3. The van der Waals surface area contributed by atoms with Crippen LogP contribution in [-0.4, -0.2) is 6.71 Å². The van der Waals surface area contributed by atoms with Crippen molar-refractivity contribution in [2.45, 2.75) is 26.2 Å². The van der Waals surface area contributed by atoms with E-state index in [1.54, 1.807) is 0 Å². The number of hydrogen-bond acceptors (Lipinski definition) is 2. The highest BCUT2D eigenvalue weighted by atomic mass is 19.1. The summed E-state index contributed by atoms with van der Waals surface area (Å²) < 4.78 is 28.1. The number of para-hydroxylation sites is 2. The molecule has 0 bridgehead atoms. The van der Waals surface area contributed by atoms with Crippen LogP contribution in [0.15, 0.2) is 109 Å². The van der Waals surface area contributed by atoms with Crippen molar-refractivity contribution in [2.75, 3.05) is 9.80 Å². The molecule has 0 fully saturated rings. The quantitative estimate of drug-likeness (QED) is 0.224. The lowest BCUT2D eigenvalue weighted by Crippen LogP contribution is -2.61. The number of rotatable bonds is 2. The van der Waals surface area contributed by atoms with Gasteiger partial charge in [-0.1, -0.05) is 57.2 Å². The molecule has 0 radical (unpaired) electrons. The molecule has 190 valence electrons. The van der Waals surface area contributed by atoms with E-state index in [1.807, 2.05) is 24.3 Å². The molecule has 7 rings (SSSR count). The first-order chi connectivity index (χ1) is 18.8. The van der Waals surface area contributed by atoms with Gasteiger partial charge in [0, 0.05) is 34.1 Å². The Hall–Kier alpha value is -4.38. The molecule has 5 aromatic carbocycles. The zero-order chi connectivity index (χ0) is 26.9. The first kappa shape index (κ1) is 23.7. The van der Waals surface area contributed by atoms with Gasteiger partial charge in [0.25, 0.3) is 6.71 Å². The number of benzene rings is 5. The number of hydrogen-bond donors (Lipinski definition) is 0. The van der Waals surface area contributed by atoms with E-state index >= 15 is 0 Å². The predicted octanol–water partition coefficient (Wildman–Crippen LogP) is 7.34. The van der Waals surface area contributed by atoms with E-state index in [1.165, 1.54) is 46.2 Å². The van der Waals surface area contributed by atoms with Crippen LogP contribution in [-0.2, 0) is 5.41 Å². The second-order valence-corrected chi connectivity index (χ2v) is 11.4. The molecule has 2 nitrogen and oxygen atoms in total. The smallest absolute Gasteiger partial charge is 0.252 e. The van der Waals surface area contributed by atoms with Crippen molar-refractivity contribution in [1.82, 2.24) is 0 Å². The highest BCUT2D eigenvalue weighted by molar-refractivity contribution is 7.00. The summed E-state index contributed by atoms with van der Waals surface area (Å²) in [7, 11) is 0. The second kappa shape index (κ2) is 8.57. The Morgan fingerprint density at radius 3 is 1.36 bits per heavy atom. The molecule has 0 aromatic heterocycles. The molecule has 2 aliphatic rings. The number of nitrogens with zero attached hydrogens (tertiary/aromatic N) is 2.